The molecular formula is C14H21NO4S. The molecule has 2 N–H and O–H groups in total. The Morgan fingerprint density at radius 3 is 2.65 bits per heavy atom. The molecule has 1 aromatic rings. The second-order valence-electron chi connectivity index (χ2n) is 4.17. The van der Waals surface area contributed by atoms with Crippen LogP contribution in [-0.4, -0.2) is 42.7 Å². The molecule has 0 aliphatic rings. The second kappa shape index (κ2) is 9.63. The van der Waals surface area contributed by atoms with Crippen LogP contribution >= 0.6 is 12.6 Å². The minimum Gasteiger partial charge on any atom is -0.491 e. The number of hydrogen-bond donors (Lipinski definition) is 3. The van der Waals surface area contributed by atoms with E-state index in [4.69, 9.17) is 9.47 Å². The van der Waals surface area contributed by atoms with E-state index in [-0.39, 0.29) is 19.1 Å². The molecule has 0 saturated heterocycles. The Kier molecular flexibility index (Phi) is 8.10. The van der Waals surface area contributed by atoms with Crippen molar-refractivity contribution in [2.75, 3.05) is 30.9 Å². The van der Waals surface area contributed by atoms with Gasteiger partial charge in [-0.3, -0.25) is 4.79 Å². The van der Waals surface area contributed by atoms with Gasteiger partial charge in [-0.15, -0.1) is 0 Å². The molecule has 1 amide bonds. The van der Waals surface area contributed by atoms with E-state index < -0.39 is 6.10 Å². The van der Waals surface area contributed by atoms with Gasteiger partial charge in [-0.05, 0) is 36.9 Å². The number of nitrogens with one attached hydrogen (secondary N) is 1. The molecule has 20 heavy (non-hydrogen) atoms. The van der Waals surface area contributed by atoms with Crippen LogP contribution in [0.3, 0.4) is 0 Å². The number of anilines is 1. The van der Waals surface area contributed by atoms with Gasteiger partial charge in [-0.25, -0.2) is 0 Å². The van der Waals surface area contributed by atoms with Crippen LogP contribution in [-0.2, 0) is 9.53 Å². The van der Waals surface area contributed by atoms with E-state index in [2.05, 4.69) is 17.9 Å². The fourth-order valence-corrected chi connectivity index (χ4v) is 1.66. The molecular weight excluding hydrogens is 278 g/mol. The lowest BCUT2D eigenvalue weighted by molar-refractivity contribution is -0.115. The third-order valence-corrected chi connectivity index (χ3v) is 2.66. The van der Waals surface area contributed by atoms with Crippen molar-refractivity contribution in [2.45, 2.75) is 19.4 Å². The maximum Gasteiger partial charge on any atom is 0.225 e. The molecule has 0 aliphatic carbocycles. The van der Waals surface area contributed by atoms with Gasteiger partial charge in [0.1, 0.15) is 18.5 Å². The number of carbonyl (C=O) groups is 1. The van der Waals surface area contributed by atoms with Crippen molar-refractivity contribution in [3.8, 4) is 5.75 Å². The smallest absolute Gasteiger partial charge is 0.225 e. The van der Waals surface area contributed by atoms with E-state index in [0.717, 1.165) is 0 Å². The van der Waals surface area contributed by atoms with Crippen molar-refractivity contribution in [1.29, 1.82) is 0 Å². The van der Waals surface area contributed by atoms with Crippen molar-refractivity contribution >= 4 is 24.2 Å². The summed E-state index contributed by atoms with van der Waals surface area (Å²) in [5, 5.41) is 12.3. The molecule has 0 radical (unpaired) electrons. The highest BCUT2D eigenvalue weighted by Crippen LogP contribution is 2.16. The summed E-state index contributed by atoms with van der Waals surface area (Å²) < 4.78 is 10.5. The fourth-order valence-electron chi connectivity index (χ4n) is 1.45. The topological polar surface area (TPSA) is 67.8 Å². The molecule has 6 heteroatoms. The van der Waals surface area contributed by atoms with E-state index in [1.807, 2.05) is 6.92 Å². The van der Waals surface area contributed by atoms with Gasteiger partial charge in [0.05, 0.1) is 6.61 Å². The van der Waals surface area contributed by atoms with Gasteiger partial charge in [0.2, 0.25) is 5.91 Å². The summed E-state index contributed by atoms with van der Waals surface area (Å²) in [6.07, 6.45) is -0.268. The molecule has 1 unspecified atom stereocenters. The molecule has 0 bridgehead atoms. The average molecular weight is 299 g/mol. The van der Waals surface area contributed by atoms with Gasteiger partial charge in [0.25, 0.3) is 0 Å². The largest absolute Gasteiger partial charge is 0.491 e. The number of hydrogen-bond acceptors (Lipinski definition) is 5. The van der Waals surface area contributed by atoms with Crippen molar-refractivity contribution in [3.63, 3.8) is 0 Å². The summed E-state index contributed by atoms with van der Waals surface area (Å²) in [4.78, 5) is 11.4. The lowest BCUT2D eigenvalue weighted by atomic mass is 10.3. The highest BCUT2D eigenvalue weighted by molar-refractivity contribution is 7.80. The number of ether oxygens (including phenoxy) is 2. The minimum absolute atomic E-state index is 0.0687. The van der Waals surface area contributed by atoms with E-state index in [0.29, 0.717) is 30.2 Å². The van der Waals surface area contributed by atoms with Crippen LogP contribution in [0.2, 0.25) is 0 Å². The van der Waals surface area contributed by atoms with Crippen LogP contribution in [0.15, 0.2) is 24.3 Å². The zero-order chi connectivity index (χ0) is 14.8. The van der Waals surface area contributed by atoms with Crippen LogP contribution in [0.1, 0.15) is 13.3 Å². The number of aliphatic hydroxyl groups excluding tert-OH is 1. The minimum atomic E-state index is -0.648. The predicted octanol–water partition coefficient (Wildman–Crippen LogP) is 1.72. The molecule has 1 aromatic carbocycles. The molecule has 112 valence electrons. The van der Waals surface area contributed by atoms with E-state index in [9.17, 15) is 9.90 Å². The number of amides is 1. The van der Waals surface area contributed by atoms with Crippen LogP contribution in [0.25, 0.3) is 0 Å². The first-order valence-electron chi connectivity index (χ1n) is 6.55. The van der Waals surface area contributed by atoms with Crippen LogP contribution < -0.4 is 10.1 Å². The SMILES string of the molecule is CCOCC(O)COc1ccc(NC(=O)CCS)cc1. The van der Waals surface area contributed by atoms with E-state index in [1.165, 1.54) is 0 Å². The van der Waals surface area contributed by atoms with Gasteiger partial charge < -0.3 is 19.9 Å². The number of aliphatic hydroxyl groups is 1. The molecule has 0 heterocycles. The molecule has 1 atom stereocenters. The average Bonchev–Trinajstić information content (AvgIpc) is 2.44. The third-order valence-electron chi connectivity index (χ3n) is 2.43. The normalized spacial score (nSPS) is 11.9. The van der Waals surface area contributed by atoms with E-state index >= 15 is 0 Å². The molecule has 0 aromatic heterocycles. The molecule has 5 nitrogen and oxygen atoms in total. The van der Waals surface area contributed by atoms with Crippen LogP contribution in [0.4, 0.5) is 5.69 Å². The summed E-state index contributed by atoms with van der Waals surface area (Å²) in [6, 6.07) is 6.98. The lowest BCUT2D eigenvalue weighted by Gasteiger charge is -2.12. The fraction of sp³-hybridized carbons (Fsp3) is 0.500. The summed E-state index contributed by atoms with van der Waals surface area (Å²) in [5.74, 6) is 1.08. The van der Waals surface area contributed by atoms with Gasteiger partial charge in [0.15, 0.2) is 0 Å². The highest BCUT2D eigenvalue weighted by Gasteiger charge is 2.05. The Morgan fingerprint density at radius 1 is 1.35 bits per heavy atom. The Balaban J connectivity index is 2.36. The van der Waals surface area contributed by atoms with Gasteiger partial charge >= 0.3 is 0 Å². The lowest BCUT2D eigenvalue weighted by Crippen LogP contribution is -2.23. The zero-order valence-corrected chi connectivity index (χ0v) is 12.4. The van der Waals surface area contributed by atoms with Gasteiger partial charge in [-0.1, -0.05) is 0 Å². The monoisotopic (exact) mass is 299 g/mol. The number of thiol groups is 1. The Bertz CT molecular complexity index is 397. The highest BCUT2D eigenvalue weighted by atomic mass is 32.1. The van der Waals surface area contributed by atoms with E-state index in [1.54, 1.807) is 24.3 Å². The first-order chi connectivity index (χ1) is 9.65. The van der Waals surface area contributed by atoms with Gasteiger partial charge in [0, 0.05) is 18.7 Å². The van der Waals surface area contributed by atoms with Crippen LogP contribution in [0, 0.1) is 0 Å². The summed E-state index contributed by atoms with van der Waals surface area (Å²) in [7, 11) is 0. The standard InChI is InChI=1S/C14H21NO4S/c1-2-18-9-12(16)10-19-13-5-3-11(4-6-13)15-14(17)7-8-20/h3-6,12,16,20H,2,7-10H2,1H3,(H,15,17). The Labute approximate surface area is 124 Å². The third kappa shape index (κ3) is 6.79. The first kappa shape index (κ1) is 16.8. The number of rotatable bonds is 9. The van der Waals surface area contributed by atoms with Crippen molar-refractivity contribution in [2.24, 2.45) is 0 Å². The number of carbonyl (C=O) groups excluding carboxylic acids is 1. The van der Waals surface area contributed by atoms with Crippen LogP contribution in [0.5, 0.6) is 5.75 Å². The second-order valence-corrected chi connectivity index (χ2v) is 4.62. The Morgan fingerprint density at radius 2 is 2.05 bits per heavy atom. The number of benzene rings is 1. The summed E-state index contributed by atoms with van der Waals surface area (Å²) >= 11 is 4.00. The predicted molar refractivity (Wildman–Crippen MR) is 81.5 cm³/mol. The summed E-state index contributed by atoms with van der Waals surface area (Å²) in [5.41, 5.74) is 0.707. The molecule has 0 aliphatic heterocycles. The first-order valence-corrected chi connectivity index (χ1v) is 7.18. The maximum absolute atomic E-state index is 11.4. The molecule has 1 rings (SSSR count). The zero-order valence-electron chi connectivity index (χ0n) is 11.5. The molecule has 0 fully saturated rings. The molecule has 0 saturated carbocycles. The summed E-state index contributed by atoms with van der Waals surface area (Å²) in [6.45, 7) is 2.87. The quantitative estimate of drug-likeness (QED) is 0.607. The molecule has 0 spiro atoms. The maximum atomic E-state index is 11.4. The van der Waals surface area contributed by atoms with Gasteiger partial charge in [-0.2, -0.15) is 12.6 Å². The van der Waals surface area contributed by atoms with Crippen molar-refractivity contribution in [3.05, 3.63) is 24.3 Å². The Hall–Kier alpha value is -1.24. The van der Waals surface area contributed by atoms with Crippen molar-refractivity contribution in [1.82, 2.24) is 0 Å². The van der Waals surface area contributed by atoms with Crippen molar-refractivity contribution < 1.29 is 19.4 Å².